The number of nitrogens with two attached hydrogens (primary N) is 1. The van der Waals surface area contributed by atoms with Crippen molar-refractivity contribution >= 4 is 22.9 Å². The molecule has 0 heterocycles. The number of hydrogen-bond acceptors (Lipinski definition) is 2. The maximum absolute atomic E-state index is 5.38. The number of allylic oxidation sites excluding steroid dienone is 4. The molecule has 1 aliphatic carbocycles. The summed E-state index contributed by atoms with van der Waals surface area (Å²) in [4.78, 5) is 0. The van der Waals surface area contributed by atoms with Crippen LogP contribution in [0.4, 0.5) is 0 Å². The van der Waals surface area contributed by atoms with Gasteiger partial charge < -0.3 is 11.2 Å². The van der Waals surface area contributed by atoms with Crippen molar-refractivity contribution in [3.05, 3.63) is 53.2 Å². The van der Waals surface area contributed by atoms with E-state index in [-0.39, 0.29) is 5.11 Å². The van der Waals surface area contributed by atoms with Crippen molar-refractivity contribution in [3.8, 4) is 0 Å². The summed E-state index contributed by atoms with van der Waals surface area (Å²) in [6, 6.07) is 8.38. The van der Waals surface area contributed by atoms with Gasteiger partial charge in [-0.25, -0.2) is 0 Å². The summed E-state index contributed by atoms with van der Waals surface area (Å²) in [5, 5.41) is 0.234. The number of hydrazine groups is 1. The van der Waals surface area contributed by atoms with E-state index in [1.165, 1.54) is 11.1 Å². The van der Waals surface area contributed by atoms with Gasteiger partial charge in [0.05, 0.1) is 0 Å². The second-order valence-electron chi connectivity index (χ2n) is 3.92. The molecule has 0 saturated carbocycles. The monoisotopic (exact) mass is 245 g/mol. The van der Waals surface area contributed by atoms with Crippen LogP contribution in [0.3, 0.4) is 0 Å². The van der Waals surface area contributed by atoms with Gasteiger partial charge in [-0.15, -0.1) is 0 Å². The fourth-order valence-electron chi connectivity index (χ4n) is 1.90. The lowest BCUT2D eigenvalue weighted by Crippen LogP contribution is -2.40. The maximum Gasteiger partial charge on any atom is 0.182 e. The number of fused-ring (bicyclic) bond motifs is 1. The molecule has 1 aromatic carbocycles. The molecule has 17 heavy (non-hydrogen) atoms. The second-order valence-corrected chi connectivity index (χ2v) is 4.36. The quantitative estimate of drug-likeness (QED) is 0.550. The topological polar surface area (TPSA) is 50.1 Å². The van der Waals surface area contributed by atoms with Gasteiger partial charge in [0.25, 0.3) is 0 Å². The maximum atomic E-state index is 5.38. The minimum absolute atomic E-state index is 0.234. The molecule has 3 nitrogen and oxygen atoms in total. The van der Waals surface area contributed by atoms with Crippen molar-refractivity contribution in [2.45, 2.75) is 13.3 Å². The SMILES string of the molecule is CC(NNC(N)=S)=C1C=CCc2ccccc21. The normalized spacial score (nSPS) is 16.1. The zero-order valence-corrected chi connectivity index (χ0v) is 10.5. The Morgan fingerprint density at radius 3 is 2.82 bits per heavy atom. The van der Waals surface area contributed by atoms with Gasteiger partial charge >= 0.3 is 0 Å². The number of benzene rings is 1. The van der Waals surface area contributed by atoms with Crippen LogP contribution < -0.4 is 16.6 Å². The molecule has 0 amide bonds. The lowest BCUT2D eigenvalue weighted by molar-refractivity contribution is 0.771. The van der Waals surface area contributed by atoms with Gasteiger partial charge in [0.2, 0.25) is 0 Å². The zero-order chi connectivity index (χ0) is 12.3. The van der Waals surface area contributed by atoms with E-state index in [0.717, 1.165) is 17.7 Å². The third-order valence-corrected chi connectivity index (χ3v) is 2.81. The minimum atomic E-state index is 0.234. The van der Waals surface area contributed by atoms with E-state index in [4.69, 9.17) is 18.0 Å². The van der Waals surface area contributed by atoms with E-state index in [0.29, 0.717) is 0 Å². The zero-order valence-electron chi connectivity index (χ0n) is 9.66. The molecule has 1 aromatic rings. The highest BCUT2D eigenvalue weighted by molar-refractivity contribution is 7.80. The van der Waals surface area contributed by atoms with Crippen LogP contribution in [-0.2, 0) is 6.42 Å². The van der Waals surface area contributed by atoms with Crippen LogP contribution in [0, 0.1) is 0 Å². The van der Waals surface area contributed by atoms with Crippen LogP contribution in [0.5, 0.6) is 0 Å². The summed E-state index contributed by atoms with van der Waals surface area (Å²) in [5.74, 6) is 0. The van der Waals surface area contributed by atoms with Gasteiger partial charge in [0.1, 0.15) is 0 Å². The van der Waals surface area contributed by atoms with Crippen LogP contribution >= 0.6 is 12.2 Å². The van der Waals surface area contributed by atoms with E-state index < -0.39 is 0 Å². The smallest absolute Gasteiger partial charge is 0.182 e. The van der Waals surface area contributed by atoms with Gasteiger partial charge in [-0.3, -0.25) is 5.43 Å². The molecule has 0 unspecified atom stereocenters. The van der Waals surface area contributed by atoms with E-state index in [9.17, 15) is 0 Å². The number of rotatable bonds is 2. The molecule has 0 aromatic heterocycles. The summed E-state index contributed by atoms with van der Waals surface area (Å²) in [6.07, 6.45) is 5.26. The Labute approximate surface area is 106 Å². The summed E-state index contributed by atoms with van der Waals surface area (Å²) in [7, 11) is 0. The number of thiocarbonyl (C=S) groups is 1. The van der Waals surface area contributed by atoms with E-state index in [1.54, 1.807) is 0 Å². The first-order valence-corrected chi connectivity index (χ1v) is 5.86. The van der Waals surface area contributed by atoms with E-state index in [1.807, 2.05) is 13.0 Å². The predicted molar refractivity (Wildman–Crippen MR) is 74.9 cm³/mol. The van der Waals surface area contributed by atoms with Crippen LogP contribution in [-0.4, -0.2) is 5.11 Å². The molecule has 88 valence electrons. The Kier molecular flexibility index (Phi) is 3.44. The molecule has 0 saturated heterocycles. The summed E-state index contributed by atoms with van der Waals surface area (Å²) < 4.78 is 0. The van der Waals surface area contributed by atoms with Crippen molar-refractivity contribution in [3.63, 3.8) is 0 Å². The largest absolute Gasteiger partial charge is 0.375 e. The van der Waals surface area contributed by atoms with E-state index in [2.05, 4.69) is 41.2 Å². The molecule has 1 aliphatic rings. The Hall–Kier alpha value is -1.81. The lowest BCUT2D eigenvalue weighted by atomic mass is 9.91. The van der Waals surface area contributed by atoms with Gasteiger partial charge in [-0.2, -0.15) is 0 Å². The fraction of sp³-hybridized carbons (Fsp3) is 0.154. The van der Waals surface area contributed by atoms with Gasteiger partial charge in [0, 0.05) is 11.3 Å². The van der Waals surface area contributed by atoms with Crippen molar-refractivity contribution in [2.75, 3.05) is 0 Å². The molecule has 0 fully saturated rings. The summed E-state index contributed by atoms with van der Waals surface area (Å²) >= 11 is 4.76. The molecule has 2 rings (SSSR count). The first-order valence-electron chi connectivity index (χ1n) is 5.45. The molecule has 0 radical (unpaired) electrons. The highest BCUT2D eigenvalue weighted by Crippen LogP contribution is 2.27. The fourth-order valence-corrected chi connectivity index (χ4v) is 1.96. The van der Waals surface area contributed by atoms with Crippen molar-refractivity contribution in [1.82, 2.24) is 10.9 Å². The summed E-state index contributed by atoms with van der Waals surface area (Å²) in [5.41, 5.74) is 15.9. The molecule has 4 N–H and O–H groups in total. The molecule has 4 heteroatoms. The first-order chi connectivity index (χ1) is 8.18. The van der Waals surface area contributed by atoms with Crippen molar-refractivity contribution in [1.29, 1.82) is 0 Å². The third kappa shape index (κ3) is 2.65. The molecular weight excluding hydrogens is 230 g/mol. The van der Waals surface area contributed by atoms with Crippen molar-refractivity contribution in [2.24, 2.45) is 5.73 Å². The molecular formula is C13H15N3S. The summed E-state index contributed by atoms with van der Waals surface area (Å²) in [6.45, 7) is 1.99. The average Bonchev–Trinajstić information content (AvgIpc) is 2.35. The Balaban J connectivity index is 2.31. The minimum Gasteiger partial charge on any atom is -0.375 e. The highest BCUT2D eigenvalue weighted by atomic mass is 32.1. The second kappa shape index (κ2) is 5.01. The number of nitrogens with one attached hydrogen (secondary N) is 2. The molecule has 0 spiro atoms. The molecule has 0 aliphatic heterocycles. The standard InChI is InChI=1S/C13H15N3S/c1-9(15-16-13(14)17)11-8-4-6-10-5-2-3-7-12(10)11/h2-5,7-8,15H,6H2,1H3,(H3,14,16,17). The van der Waals surface area contributed by atoms with Gasteiger partial charge in [-0.1, -0.05) is 36.4 Å². The highest BCUT2D eigenvalue weighted by Gasteiger charge is 2.11. The van der Waals surface area contributed by atoms with E-state index >= 15 is 0 Å². The molecule has 0 bridgehead atoms. The van der Waals surface area contributed by atoms with Crippen LogP contribution in [0.15, 0.2) is 42.1 Å². The Bertz CT molecular complexity index is 503. The Morgan fingerprint density at radius 1 is 1.29 bits per heavy atom. The van der Waals surface area contributed by atoms with Crippen LogP contribution in [0.25, 0.3) is 5.57 Å². The van der Waals surface area contributed by atoms with Crippen LogP contribution in [0.2, 0.25) is 0 Å². The van der Waals surface area contributed by atoms with Gasteiger partial charge in [-0.05, 0) is 36.7 Å². The molecule has 0 atom stereocenters. The lowest BCUT2D eigenvalue weighted by Gasteiger charge is -2.18. The number of hydrogen-bond donors (Lipinski definition) is 3. The third-order valence-electron chi connectivity index (χ3n) is 2.71. The Morgan fingerprint density at radius 2 is 2.06 bits per heavy atom. The van der Waals surface area contributed by atoms with Crippen molar-refractivity contribution < 1.29 is 0 Å². The van der Waals surface area contributed by atoms with Gasteiger partial charge in [0.15, 0.2) is 5.11 Å². The average molecular weight is 245 g/mol. The van der Waals surface area contributed by atoms with Crippen LogP contribution in [0.1, 0.15) is 18.1 Å². The predicted octanol–water partition coefficient (Wildman–Crippen LogP) is 1.87. The first kappa shape index (κ1) is 11.7.